The number of carbonyl (C=O) groups excluding carboxylic acids is 3. The van der Waals surface area contributed by atoms with Crippen molar-refractivity contribution in [3.8, 4) is 6.07 Å². The first-order valence-electron chi connectivity index (χ1n) is 15.0. The van der Waals surface area contributed by atoms with E-state index in [1.165, 1.54) is 0 Å². The van der Waals surface area contributed by atoms with Gasteiger partial charge < -0.3 is 10.1 Å². The molecule has 0 spiro atoms. The monoisotopic (exact) mass is 534 g/mol. The first-order chi connectivity index (χ1) is 18.0. The molecule has 39 heavy (non-hydrogen) atoms. The van der Waals surface area contributed by atoms with E-state index < -0.39 is 11.0 Å². The number of hydrogen-bond donors (Lipinski definition) is 1. The van der Waals surface area contributed by atoms with Crippen molar-refractivity contribution in [2.75, 3.05) is 0 Å². The van der Waals surface area contributed by atoms with Crippen LogP contribution in [-0.4, -0.2) is 29.3 Å². The van der Waals surface area contributed by atoms with Crippen molar-refractivity contribution >= 4 is 17.7 Å². The summed E-state index contributed by atoms with van der Waals surface area (Å²) in [4.78, 5) is 40.3. The maximum Gasteiger partial charge on any atom is 0.407 e. The molecule has 0 heterocycles. The number of nitrogens with one attached hydrogen (secondary N) is 1. The summed E-state index contributed by atoms with van der Waals surface area (Å²) in [5.74, 6) is -0.269. The Kier molecular flexibility index (Phi) is 6.34. The highest BCUT2D eigenvalue weighted by atomic mass is 16.6. The molecule has 0 bridgehead atoms. The Hall–Kier alpha value is -2.42. The number of Topliss-reactive ketones (excluding diaryl/α,β-unsaturated/α-hetero) is 1. The molecule has 0 aromatic rings. The van der Waals surface area contributed by atoms with Gasteiger partial charge in [0.15, 0.2) is 11.6 Å². The van der Waals surface area contributed by atoms with E-state index in [2.05, 4.69) is 46.0 Å². The number of amides is 1. The molecule has 2 unspecified atom stereocenters. The number of allylic oxidation sites excluding steroid dienone is 4. The largest absolute Gasteiger partial charge is 0.447 e. The molecular weight excluding hydrogens is 488 g/mol. The number of carbonyl (C=O) groups is 3. The fourth-order valence-electron chi connectivity index (χ4n) is 9.92. The van der Waals surface area contributed by atoms with Crippen LogP contribution in [0, 0.1) is 56.7 Å². The van der Waals surface area contributed by atoms with E-state index in [9.17, 15) is 19.6 Å². The van der Waals surface area contributed by atoms with Crippen LogP contribution in [0.2, 0.25) is 0 Å². The highest BCUT2D eigenvalue weighted by Crippen LogP contribution is 2.72. The van der Waals surface area contributed by atoms with Crippen LogP contribution in [0.25, 0.3) is 0 Å². The Labute approximate surface area is 234 Å². The minimum absolute atomic E-state index is 0.0180. The lowest BCUT2D eigenvalue weighted by Crippen LogP contribution is -2.69. The molecule has 1 N–H and O–H groups in total. The lowest BCUT2D eigenvalue weighted by Gasteiger charge is -2.68. The fourth-order valence-corrected chi connectivity index (χ4v) is 9.92. The second-order valence-corrected chi connectivity index (χ2v) is 15.1. The Balaban J connectivity index is 1.63. The quantitative estimate of drug-likeness (QED) is 0.425. The second kappa shape index (κ2) is 8.79. The van der Waals surface area contributed by atoms with Crippen LogP contribution < -0.4 is 5.32 Å². The molecule has 0 aliphatic heterocycles. The van der Waals surface area contributed by atoms with Crippen molar-refractivity contribution in [3.05, 3.63) is 23.3 Å². The predicted molar refractivity (Wildman–Crippen MR) is 149 cm³/mol. The normalized spacial score (nSPS) is 44.5. The lowest BCUT2D eigenvalue weighted by atomic mass is 9.36. The smallest absolute Gasteiger partial charge is 0.407 e. The van der Waals surface area contributed by atoms with Crippen LogP contribution in [0.3, 0.4) is 0 Å². The third kappa shape index (κ3) is 3.89. The predicted octanol–water partition coefficient (Wildman–Crippen LogP) is 6.70. The van der Waals surface area contributed by atoms with Crippen molar-refractivity contribution in [2.45, 2.75) is 112 Å². The number of rotatable bonds is 2. The van der Waals surface area contributed by atoms with E-state index >= 15 is 0 Å². The van der Waals surface area contributed by atoms with E-state index in [1.54, 1.807) is 0 Å². The van der Waals surface area contributed by atoms with Crippen LogP contribution in [0.15, 0.2) is 23.3 Å². The average Bonchev–Trinajstić information content (AvgIpc) is 2.83. The summed E-state index contributed by atoms with van der Waals surface area (Å²) < 4.78 is 5.55. The molecule has 6 heteroatoms. The first-order valence-corrected chi connectivity index (χ1v) is 15.0. The number of nitriles is 1. The molecule has 0 aromatic carbocycles. The van der Waals surface area contributed by atoms with Gasteiger partial charge in [-0.3, -0.25) is 9.59 Å². The van der Waals surface area contributed by atoms with E-state index in [-0.39, 0.29) is 69.3 Å². The average molecular weight is 535 g/mol. The molecule has 212 valence electrons. The minimum atomic E-state index is -0.505. The zero-order chi connectivity index (χ0) is 28.8. The minimum Gasteiger partial charge on any atom is -0.447 e. The van der Waals surface area contributed by atoms with Gasteiger partial charge in [0.05, 0.1) is 11.7 Å². The van der Waals surface area contributed by atoms with Gasteiger partial charge in [-0.15, -0.1) is 0 Å². The summed E-state index contributed by atoms with van der Waals surface area (Å²) in [5, 5.41) is 13.1. The van der Waals surface area contributed by atoms with Gasteiger partial charge in [0.25, 0.3) is 0 Å². The van der Waals surface area contributed by atoms with E-state index in [1.807, 2.05) is 32.9 Å². The maximum absolute atomic E-state index is 14.4. The van der Waals surface area contributed by atoms with Gasteiger partial charge in [0.2, 0.25) is 0 Å². The van der Waals surface area contributed by atoms with Crippen LogP contribution in [0.4, 0.5) is 4.79 Å². The zero-order valence-electron chi connectivity index (χ0n) is 25.1. The Morgan fingerprint density at radius 2 is 1.72 bits per heavy atom. The molecule has 8 atom stereocenters. The van der Waals surface area contributed by atoms with Gasteiger partial charge >= 0.3 is 6.09 Å². The van der Waals surface area contributed by atoms with Gasteiger partial charge in [0.1, 0.15) is 6.07 Å². The van der Waals surface area contributed by atoms with E-state index in [4.69, 9.17) is 4.74 Å². The van der Waals surface area contributed by atoms with Crippen LogP contribution in [0.1, 0.15) is 100 Å². The number of hydrogen-bond acceptors (Lipinski definition) is 5. The zero-order valence-corrected chi connectivity index (χ0v) is 25.1. The highest BCUT2D eigenvalue weighted by molar-refractivity contribution is 6.02. The molecule has 3 fully saturated rings. The fraction of sp³-hybridized carbons (Fsp3) is 0.758. The van der Waals surface area contributed by atoms with Crippen molar-refractivity contribution in [3.63, 3.8) is 0 Å². The van der Waals surface area contributed by atoms with Crippen molar-refractivity contribution in [2.24, 2.45) is 45.3 Å². The standard InChI is InChI=1S/C33H46N2O4/c1-19(2)39-28(38)35-33-13-11-29(4,5)17-23(33)26-24(36)15-25-30(6)16-21(18-34)27(37)20(3)22(30)9-10-31(25,7)32(26,8)12-14-33/h15-16,19-20,22-23,26H,9-14,17H2,1-8H3,(H,35,38)/t20-,22-,23?,26?,30-,31+,32+,33-/m0/s1. The van der Waals surface area contributed by atoms with Gasteiger partial charge in [0, 0.05) is 22.8 Å². The Morgan fingerprint density at radius 3 is 2.36 bits per heavy atom. The summed E-state index contributed by atoms with van der Waals surface area (Å²) in [6.07, 6.45) is 9.39. The van der Waals surface area contributed by atoms with E-state index in [0.29, 0.717) is 0 Å². The molecule has 0 radical (unpaired) electrons. The molecule has 5 aliphatic rings. The molecule has 5 rings (SSSR count). The van der Waals surface area contributed by atoms with Gasteiger partial charge in [-0.05, 0) is 93.0 Å². The van der Waals surface area contributed by atoms with E-state index in [0.717, 1.165) is 50.5 Å². The SMILES string of the molecule is CC(C)OC(=O)N[C@]12CCC(C)(C)CC1C1C(=O)C=C3[C@@]4(C)C=C(C#N)C(=O)[C@@H](C)[C@@H]4CC[C@@]3(C)[C@]1(C)CC2. The number of alkyl carbamates (subject to hydrolysis) is 1. The summed E-state index contributed by atoms with van der Waals surface area (Å²) in [5.41, 5.74) is -0.0844. The maximum atomic E-state index is 14.4. The number of fused-ring (bicyclic) bond motifs is 7. The molecule has 1 amide bonds. The summed E-state index contributed by atoms with van der Waals surface area (Å²) in [7, 11) is 0. The molecule has 5 aliphatic carbocycles. The number of nitrogens with zero attached hydrogens (tertiary/aromatic N) is 1. The molecule has 6 nitrogen and oxygen atoms in total. The Bertz CT molecular complexity index is 1220. The molecule has 0 saturated heterocycles. The number of ketones is 2. The third-order valence-corrected chi connectivity index (χ3v) is 12.2. The molecule has 3 saturated carbocycles. The second-order valence-electron chi connectivity index (χ2n) is 15.1. The van der Waals surface area contributed by atoms with Crippen molar-refractivity contribution in [1.82, 2.24) is 5.32 Å². The summed E-state index contributed by atoms with van der Waals surface area (Å²) >= 11 is 0. The topological polar surface area (TPSA) is 96.3 Å². The molecule has 0 aromatic heterocycles. The van der Waals surface area contributed by atoms with Crippen LogP contribution in [0.5, 0.6) is 0 Å². The highest BCUT2D eigenvalue weighted by Gasteiger charge is 2.69. The van der Waals surface area contributed by atoms with Gasteiger partial charge in [-0.25, -0.2) is 4.79 Å². The third-order valence-electron chi connectivity index (χ3n) is 12.2. The molecular formula is C33H46N2O4. The first kappa shape index (κ1) is 28.1. The Morgan fingerprint density at radius 1 is 1.05 bits per heavy atom. The van der Waals surface area contributed by atoms with Crippen molar-refractivity contribution in [1.29, 1.82) is 5.26 Å². The van der Waals surface area contributed by atoms with Gasteiger partial charge in [-0.2, -0.15) is 5.26 Å². The lowest BCUT2D eigenvalue weighted by molar-refractivity contribution is -0.159. The summed E-state index contributed by atoms with van der Waals surface area (Å²) in [6.45, 7) is 17.0. The van der Waals surface area contributed by atoms with Gasteiger partial charge in [-0.1, -0.05) is 53.2 Å². The number of ether oxygens (including phenoxy) is 1. The van der Waals surface area contributed by atoms with Crippen LogP contribution in [-0.2, 0) is 14.3 Å². The van der Waals surface area contributed by atoms with Crippen LogP contribution >= 0.6 is 0 Å². The summed E-state index contributed by atoms with van der Waals surface area (Å²) in [6, 6.07) is 2.16. The van der Waals surface area contributed by atoms with Crippen molar-refractivity contribution < 1.29 is 19.1 Å².